The molecular formula is C15H15N3O7S2. The highest BCUT2D eigenvalue weighted by Gasteiger charge is 2.34. The molecule has 0 atom stereocenters. The monoisotopic (exact) mass is 413 g/mol. The highest BCUT2D eigenvalue weighted by molar-refractivity contribution is 7.93. The zero-order valence-electron chi connectivity index (χ0n) is 14.0. The van der Waals surface area contributed by atoms with Gasteiger partial charge in [-0.05, 0) is 36.2 Å². The number of fused-ring (bicyclic) bond motifs is 1. The van der Waals surface area contributed by atoms with Gasteiger partial charge in [-0.1, -0.05) is 0 Å². The summed E-state index contributed by atoms with van der Waals surface area (Å²) >= 11 is 0. The molecule has 1 aliphatic heterocycles. The maximum absolute atomic E-state index is 13.1. The third-order valence-corrected chi connectivity index (χ3v) is 6.90. The van der Waals surface area contributed by atoms with Crippen LogP contribution in [0.15, 0.2) is 46.2 Å². The van der Waals surface area contributed by atoms with Gasteiger partial charge in [-0.25, -0.2) is 22.0 Å². The molecule has 12 heteroatoms. The molecule has 27 heavy (non-hydrogen) atoms. The second-order valence-corrected chi connectivity index (χ2v) is 9.15. The molecule has 0 amide bonds. The number of hydrogen-bond acceptors (Lipinski definition) is 7. The highest BCUT2D eigenvalue weighted by Crippen LogP contribution is 2.37. The molecule has 0 saturated carbocycles. The molecule has 0 fully saturated rings. The standard InChI is InChI=1S/C15H15N3O7S2/c1-25-14-5-2-11(18(19)20)9-15(14)27(23,24)17-7-6-10-8-12(26(16,21)22)3-4-13(10)17/h2-5,8-9H,6-7H2,1H3,(H2,16,21,22). The number of nitro benzene ring substituents is 1. The number of nitro groups is 1. The number of methoxy groups -OCH3 is 1. The summed E-state index contributed by atoms with van der Waals surface area (Å²) in [6.45, 7) is 0.0532. The van der Waals surface area contributed by atoms with Gasteiger partial charge in [0.1, 0.15) is 10.6 Å². The van der Waals surface area contributed by atoms with E-state index in [9.17, 15) is 26.9 Å². The first-order valence-electron chi connectivity index (χ1n) is 7.56. The van der Waals surface area contributed by atoms with Gasteiger partial charge in [0.2, 0.25) is 10.0 Å². The van der Waals surface area contributed by atoms with Crippen molar-refractivity contribution < 1.29 is 26.5 Å². The molecule has 0 aromatic heterocycles. The molecule has 0 spiro atoms. The second kappa shape index (κ2) is 6.48. The van der Waals surface area contributed by atoms with Gasteiger partial charge in [0, 0.05) is 18.7 Å². The van der Waals surface area contributed by atoms with Crippen molar-refractivity contribution in [2.45, 2.75) is 16.2 Å². The number of ether oxygens (including phenoxy) is 1. The summed E-state index contributed by atoms with van der Waals surface area (Å²) in [4.78, 5) is 9.86. The SMILES string of the molecule is COc1ccc([N+](=O)[O-])cc1S(=O)(=O)N1CCc2cc(S(N)(=O)=O)ccc21. The third kappa shape index (κ3) is 3.34. The summed E-state index contributed by atoms with van der Waals surface area (Å²) in [6.07, 6.45) is 0.273. The van der Waals surface area contributed by atoms with Gasteiger partial charge in [0.25, 0.3) is 15.7 Å². The van der Waals surface area contributed by atoms with E-state index in [-0.39, 0.29) is 34.2 Å². The van der Waals surface area contributed by atoms with Gasteiger partial charge < -0.3 is 4.74 Å². The predicted molar refractivity (Wildman–Crippen MR) is 95.7 cm³/mol. The summed E-state index contributed by atoms with van der Waals surface area (Å²) in [6, 6.07) is 7.19. The zero-order valence-corrected chi connectivity index (χ0v) is 15.7. The lowest BCUT2D eigenvalue weighted by molar-refractivity contribution is -0.385. The Morgan fingerprint density at radius 1 is 1.15 bits per heavy atom. The van der Waals surface area contributed by atoms with Gasteiger partial charge in [-0.15, -0.1) is 0 Å². The quantitative estimate of drug-likeness (QED) is 0.567. The summed E-state index contributed by atoms with van der Waals surface area (Å²) in [5.74, 6) is -0.0322. The molecule has 1 heterocycles. The number of benzene rings is 2. The third-order valence-electron chi connectivity index (χ3n) is 4.16. The van der Waals surface area contributed by atoms with Gasteiger partial charge >= 0.3 is 0 Å². The number of hydrogen-bond donors (Lipinski definition) is 1. The average Bonchev–Trinajstić information content (AvgIpc) is 3.04. The zero-order chi connectivity index (χ0) is 20.0. The first-order valence-corrected chi connectivity index (χ1v) is 10.6. The van der Waals surface area contributed by atoms with Crippen molar-refractivity contribution in [3.05, 3.63) is 52.1 Å². The fourth-order valence-corrected chi connectivity index (χ4v) is 5.12. The molecule has 2 aromatic rings. The van der Waals surface area contributed by atoms with E-state index >= 15 is 0 Å². The Morgan fingerprint density at radius 2 is 1.85 bits per heavy atom. The van der Waals surface area contributed by atoms with Crippen LogP contribution in [0.5, 0.6) is 5.75 Å². The second-order valence-electron chi connectivity index (χ2n) is 5.75. The predicted octanol–water partition coefficient (Wildman–Crippen LogP) is 1.00. The van der Waals surface area contributed by atoms with Crippen LogP contribution in [0.1, 0.15) is 5.56 Å². The molecule has 0 aliphatic carbocycles. The Bertz CT molecular complexity index is 1140. The first-order chi connectivity index (χ1) is 12.6. The minimum atomic E-state index is -4.18. The van der Waals surface area contributed by atoms with Crippen molar-refractivity contribution in [1.82, 2.24) is 0 Å². The number of non-ortho nitro benzene ring substituents is 1. The molecule has 10 nitrogen and oxygen atoms in total. The minimum absolute atomic E-state index is 0.0322. The summed E-state index contributed by atoms with van der Waals surface area (Å²) in [7, 11) is -6.83. The van der Waals surface area contributed by atoms with Crippen LogP contribution in [-0.4, -0.2) is 35.4 Å². The number of primary sulfonamides is 1. The van der Waals surface area contributed by atoms with Crippen molar-refractivity contribution in [3.63, 3.8) is 0 Å². The van der Waals surface area contributed by atoms with Gasteiger partial charge in [0.05, 0.1) is 22.6 Å². The maximum Gasteiger partial charge on any atom is 0.271 e. The van der Waals surface area contributed by atoms with E-state index in [1.165, 1.54) is 31.4 Å². The normalized spacial score (nSPS) is 14.1. The molecular weight excluding hydrogens is 398 g/mol. The van der Waals surface area contributed by atoms with Gasteiger partial charge in [-0.2, -0.15) is 0 Å². The van der Waals surface area contributed by atoms with Crippen molar-refractivity contribution in [2.75, 3.05) is 18.0 Å². The van der Waals surface area contributed by atoms with E-state index in [0.717, 1.165) is 16.4 Å². The van der Waals surface area contributed by atoms with E-state index in [0.29, 0.717) is 5.56 Å². The lowest BCUT2D eigenvalue weighted by Crippen LogP contribution is -2.29. The summed E-state index contributed by atoms with van der Waals surface area (Å²) in [5, 5.41) is 16.1. The first kappa shape index (κ1) is 19.1. The van der Waals surface area contributed by atoms with Crippen molar-refractivity contribution in [3.8, 4) is 5.75 Å². The Labute approximate surface area is 155 Å². The molecule has 1 aliphatic rings. The Hall–Kier alpha value is -2.70. The smallest absolute Gasteiger partial charge is 0.271 e. The van der Waals surface area contributed by atoms with Crippen LogP contribution in [0.3, 0.4) is 0 Å². The molecule has 2 aromatic carbocycles. The minimum Gasteiger partial charge on any atom is -0.495 e. The van der Waals surface area contributed by atoms with Crippen molar-refractivity contribution in [2.24, 2.45) is 5.14 Å². The lowest BCUT2D eigenvalue weighted by Gasteiger charge is -2.21. The number of rotatable bonds is 5. The largest absolute Gasteiger partial charge is 0.495 e. The number of nitrogens with two attached hydrogens (primary N) is 1. The maximum atomic E-state index is 13.1. The number of sulfonamides is 2. The molecule has 144 valence electrons. The topological polar surface area (TPSA) is 150 Å². The van der Waals surface area contributed by atoms with Crippen LogP contribution in [0.2, 0.25) is 0 Å². The number of nitrogens with zero attached hydrogens (tertiary/aromatic N) is 2. The summed E-state index contributed by atoms with van der Waals surface area (Å²) < 4.78 is 55.3. The van der Waals surface area contributed by atoms with Crippen LogP contribution in [0.4, 0.5) is 11.4 Å². The number of anilines is 1. The van der Waals surface area contributed by atoms with E-state index < -0.39 is 30.7 Å². The average molecular weight is 413 g/mol. The molecule has 3 rings (SSSR count). The lowest BCUT2D eigenvalue weighted by atomic mass is 10.2. The summed E-state index contributed by atoms with van der Waals surface area (Å²) in [5.41, 5.74) is 0.392. The van der Waals surface area contributed by atoms with Crippen LogP contribution < -0.4 is 14.2 Å². The van der Waals surface area contributed by atoms with E-state index in [4.69, 9.17) is 9.88 Å². The van der Waals surface area contributed by atoms with Gasteiger partial charge in [-0.3, -0.25) is 14.4 Å². The van der Waals surface area contributed by atoms with Crippen molar-refractivity contribution >= 4 is 31.4 Å². The van der Waals surface area contributed by atoms with E-state index in [1.807, 2.05) is 0 Å². The van der Waals surface area contributed by atoms with Crippen LogP contribution in [-0.2, 0) is 26.5 Å². The van der Waals surface area contributed by atoms with E-state index in [1.54, 1.807) is 0 Å². The Balaban J connectivity index is 2.12. The molecule has 0 unspecified atom stereocenters. The molecule has 0 radical (unpaired) electrons. The highest BCUT2D eigenvalue weighted by atomic mass is 32.2. The molecule has 0 bridgehead atoms. The Kier molecular flexibility index (Phi) is 4.57. The van der Waals surface area contributed by atoms with Crippen LogP contribution in [0.25, 0.3) is 0 Å². The molecule has 2 N–H and O–H groups in total. The van der Waals surface area contributed by atoms with Gasteiger partial charge in [0.15, 0.2) is 0 Å². The Morgan fingerprint density at radius 3 is 2.44 bits per heavy atom. The fourth-order valence-electron chi connectivity index (χ4n) is 2.87. The van der Waals surface area contributed by atoms with E-state index in [2.05, 4.69) is 0 Å². The van der Waals surface area contributed by atoms with Crippen LogP contribution >= 0.6 is 0 Å². The van der Waals surface area contributed by atoms with Crippen LogP contribution in [0, 0.1) is 10.1 Å². The fraction of sp³-hybridized carbons (Fsp3) is 0.200. The van der Waals surface area contributed by atoms with Crippen molar-refractivity contribution in [1.29, 1.82) is 0 Å². The molecule has 0 saturated heterocycles.